The first-order valence-electron chi connectivity index (χ1n) is 14.5. The average Bonchev–Trinajstić information content (AvgIpc) is 3.41. The second-order valence-electron chi connectivity index (χ2n) is 13.9. The molecule has 0 fully saturated rings. The van der Waals surface area contributed by atoms with Crippen molar-refractivity contribution in [1.29, 1.82) is 0 Å². The minimum atomic E-state index is -0.417. The largest absolute Gasteiger partial charge is 0.512 e. The number of hydrogen-bond donors (Lipinski definition) is 1. The molecule has 0 amide bonds. The standard InChI is InChI=1S/C27H20NO.C11H20O2.Ir/c1-16-11-13-21-17(15-16)12-14-22(28-21)18-8-6-9-20-24(18)27(2,3)25-19-7-4-5-10-23(19)29-26(20)25;1-10(2,3)8(12)7-9(13)11(4,5)6;/h4-7,9-15H,1-3H3;7,12H,1-6H3;/q-1;;/b;8-7-;. The maximum Gasteiger partial charge on any atom is 0.164 e. The van der Waals surface area contributed by atoms with E-state index in [0.29, 0.717) is 0 Å². The van der Waals surface area contributed by atoms with Gasteiger partial charge in [0.25, 0.3) is 0 Å². The number of rotatable bonds is 2. The summed E-state index contributed by atoms with van der Waals surface area (Å²) in [5.74, 6) is 1.09. The SMILES string of the molecule is CC(C)(C)C(=O)/C=C(\O)C(C)(C)C.Cc1ccc2nc(-c3[c-]ccc4c3C(C)(C)c3c-4oc4ccccc34)ccc2c1.[Ir]. The molecule has 0 atom stereocenters. The summed E-state index contributed by atoms with van der Waals surface area (Å²) in [5, 5.41) is 11.9. The van der Waals surface area contributed by atoms with Crippen LogP contribution in [0.4, 0.5) is 0 Å². The molecule has 5 heteroatoms. The van der Waals surface area contributed by atoms with Crippen LogP contribution in [0.1, 0.15) is 72.1 Å². The zero-order valence-corrected chi connectivity index (χ0v) is 28.9. The molecule has 5 aromatic rings. The molecule has 1 N–H and O–H groups in total. The molecule has 3 aromatic carbocycles. The Morgan fingerprint density at radius 1 is 0.930 bits per heavy atom. The third-order valence-electron chi connectivity index (χ3n) is 7.96. The van der Waals surface area contributed by atoms with Gasteiger partial charge in [-0.2, -0.15) is 0 Å². The van der Waals surface area contributed by atoms with Gasteiger partial charge in [0.05, 0.1) is 5.52 Å². The Kier molecular flexibility index (Phi) is 8.68. The van der Waals surface area contributed by atoms with Crippen LogP contribution in [0.15, 0.2) is 83.0 Å². The molecule has 0 unspecified atom stereocenters. The summed E-state index contributed by atoms with van der Waals surface area (Å²) in [6.45, 7) is 17.8. The third kappa shape index (κ3) is 6.12. The maximum absolute atomic E-state index is 11.5. The number of aromatic nitrogens is 1. The summed E-state index contributed by atoms with van der Waals surface area (Å²) in [4.78, 5) is 16.5. The van der Waals surface area contributed by atoms with Crippen LogP contribution in [0.5, 0.6) is 0 Å². The van der Waals surface area contributed by atoms with Gasteiger partial charge in [-0.15, -0.1) is 29.3 Å². The number of carbonyl (C=O) groups is 1. The molecule has 43 heavy (non-hydrogen) atoms. The molecule has 1 radical (unpaired) electrons. The van der Waals surface area contributed by atoms with Crippen LogP contribution in [0.3, 0.4) is 0 Å². The van der Waals surface area contributed by atoms with Gasteiger partial charge in [0.1, 0.15) is 17.1 Å². The molecule has 1 aliphatic rings. The molecule has 0 saturated heterocycles. The second-order valence-corrected chi connectivity index (χ2v) is 13.9. The van der Waals surface area contributed by atoms with Crippen molar-refractivity contribution in [2.75, 3.05) is 0 Å². The fraction of sp³-hybridized carbons (Fsp3) is 0.316. The van der Waals surface area contributed by atoms with E-state index in [2.05, 4.69) is 75.4 Å². The number of hydrogen-bond acceptors (Lipinski definition) is 4. The van der Waals surface area contributed by atoms with E-state index in [1.54, 1.807) is 0 Å². The topological polar surface area (TPSA) is 63.3 Å². The van der Waals surface area contributed by atoms with Crippen molar-refractivity contribution in [3.05, 3.63) is 101 Å². The summed E-state index contributed by atoms with van der Waals surface area (Å²) in [7, 11) is 0. The summed E-state index contributed by atoms with van der Waals surface area (Å²) >= 11 is 0. The number of aliphatic hydroxyl groups excluding tert-OH is 1. The fourth-order valence-corrected chi connectivity index (χ4v) is 5.46. The molecule has 0 aliphatic heterocycles. The first-order chi connectivity index (χ1) is 19.6. The second kappa shape index (κ2) is 11.5. The van der Waals surface area contributed by atoms with Crippen molar-refractivity contribution in [2.24, 2.45) is 10.8 Å². The number of allylic oxidation sites excluding steroid dienone is 2. The van der Waals surface area contributed by atoms with Crippen LogP contribution >= 0.6 is 0 Å². The van der Waals surface area contributed by atoms with Gasteiger partial charge >= 0.3 is 0 Å². The van der Waals surface area contributed by atoms with E-state index < -0.39 is 5.41 Å². The maximum atomic E-state index is 11.5. The number of furan rings is 1. The number of pyridine rings is 1. The van der Waals surface area contributed by atoms with Crippen LogP contribution in [-0.4, -0.2) is 15.9 Å². The van der Waals surface area contributed by atoms with Gasteiger partial charge in [0, 0.05) is 48.0 Å². The number of benzene rings is 3. The first kappa shape index (κ1) is 32.4. The van der Waals surface area contributed by atoms with Gasteiger partial charge in [-0.05, 0) is 41.6 Å². The Bertz CT molecular complexity index is 1860. The van der Waals surface area contributed by atoms with Crippen molar-refractivity contribution >= 4 is 27.7 Å². The summed E-state index contributed by atoms with van der Waals surface area (Å²) < 4.78 is 6.31. The number of aliphatic hydroxyl groups is 1. The predicted molar refractivity (Wildman–Crippen MR) is 173 cm³/mol. The zero-order valence-electron chi connectivity index (χ0n) is 26.5. The molecule has 6 rings (SSSR count). The van der Waals surface area contributed by atoms with Gasteiger partial charge < -0.3 is 9.52 Å². The number of ketones is 1. The van der Waals surface area contributed by atoms with E-state index in [-0.39, 0.29) is 42.5 Å². The van der Waals surface area contributed by atoms with Crippen molar-refractivity contribution < 1.29 is 34.4 Å². The van der Waals surface area contributed by atoms with Crippen LogP contribution in [0.25, 0.3) is 44.5 Å². The van der Waals surface area contributed by atoms with Crippen molar-refractivity contribution in [2.45, 2.75) is 67.7 Å². The summed E-state index contributed by atoms with van der Waals surface area (Å²) in [6, 6.07) is 26.6. The van der Waals surface area contributed by atoms with Crippen LogP contribution in [0.2, 0.25) is 0 Å². The van der Waals surface area contributed by atoms with Gasteiger partial charge in [0.2, 0.25) is 0 Å². The van der Waals surface area contributed by atoms with Gasteiger partial charge in [-0.1, -0.05) is 103 Å². The smallest absolute Gasteiger partial charge is 0.164 e. The Morgan fingerprint density at radius 3 is 2.30 bits per heavy atom. The van der Waals surface area contributed by atoms with Crippen molar-refractivity contribution in [1.82, 2.24) is 4.98 Å². The van der Waals surface area contributed by atoms with Gasteiger partial charge in [0.15, 0.2) is 5.78 Å². The summed E-state index contributed by atoms with van der Waals surface area (Å²) in [5.41, 5.74) is 7.94. The average molecular weight is 751 g/mol. The van der Waals surface area contributed by atoms with E-state index in [4.69, 9.17) is 9.40 Å². The minimum absolute atomic E-state index is 0. The van der Waals surface area contributed by atoms with Gasteiger partial charge in [-0.3, -0.25) is 9.78 Å². The number of fused-ring (bicyclic) bond motifs is 6. The van der Waals surface area contributed by atoms with Gasteiger partial charge in [-0.25, -0.2) is 0 Å². The quantitative estimate of drug-likeness (QED) is 0.111. The third-order valence-corrected chi connectivity index (χ3v) is 7.96. The van der Waals surface area contributed by atoms with Crippen molar-refractivity contribution in [3.8, 4) is 22.6 Å². The fourth-order valence-electron chi connectivity index (χ4n) is 5.46. The molecule has 1 aliphatic carbocycles. The Morgan fingerprint density at radius 2 is 1.63 bits per heavy atom. The number of nitrogens with zero attached hydrogens (tertiary/aromatic N) is 1. The molecular weight excluding hydrogens is 711 g/mol. The number of aryl methyl sites for hydroxylation is 1. The Balaban J connectivity index is 0.000000260. The summed E-state index contributed by atoms with van der Waals surface area (Å²) in [6.07, 6.45) is 1.33. The van der Waals surface area contributed by atoms with E-state index in [1.807, 2.05) is 59.7 Å². The molecule has 0 spiro atoms. The van der Waals surface area contributed by atoms with E-state index in [9.17, 15) is 9.90 Å². The Labute approximate surface area is 268 Å². The molecule has 0 bridgehead atoms. The molecule has 0 saturated carbocycles. The number of carbonyl (C=O) groups excluding carboxylic acids is 1. The minimum Gasteiger partial charge on any atom is -0.512 e. The molecule has 225 valence electrons. The van der Waals surface area contributed by atoms with Crippen LogP contribution < -0.4 is 0 Å². The van der Waals surface area contributed by atoms with Crippen LogP contribution in [0, 0.1) is 23.8 Å². The normalized spacial score (nSPS) is 14.0. The Hall–Kier alpha value is -3.53. The van der Waals surface area contributed by atoms with E-state index >= 15 is 0 Å². The van der Waals surface area contributed by atoms with Crippen LogP contribution in [-0.2, 0) is 30.3 Å². The molecular formula is C38H40IrNO3-. The monoisotopic (exact) mass is 751 g/mol. The number of para-hydroxylation sites is 1. The molecule has 4 nitrogen and oxygen atoms in total. The zero-order chi connectivity index (χ0) is 30.6. The van der Waals surface area contributed by atoms with E-state index in [0.717, 1.165) is 33.7 Å². The molecule has 2 heterocycles. The first-order valence-corrected chi connectivity index (χ1v) is 14.5. The molecule has 2 aromatic heterocycles. The van der Waals surface area contributed by atoms with Crippen molar-refractivity contribution in [3.63, 3.8) is 0 Å². The predicted octanol–water partition coefficient (Wildman–Crippen LogP) is 10.2. The van der Waals surface area contributed by atoms with E-state index in [1.165, 1.54) is 33.5 Å².